The number of hydrogen-bond acceptors (Lipinski definition) is 6. The summed E-state index contributed by atoms with van der Waals surface area (Å²) >= 11 is 0. The maximum Gasteiger partial charge on any atom is 0.168 e. The summed E-state index contributed by atoms with van der Waals surface area (Å²) in [5.41, 5.74) is 10.6. The predicted octanol–water partition coefficient (Wildman–Crippen LogP) is 4.54. The van der Waals surface area contributed by atoms with Crippen molar-refractivity contribution < 1.29 is 18.3 Å². The van der Waals surface area contributed by atoms with Gasteiger partial charge in [0.2, 0.25) is 0 Å². The number of fused-ring (bicyclic) bond motifs is 1. The van der Waals surface area contributed by atoms with Crippen LogP contribution in [0.4, 0.5) is 14.5 Å². The first-order valence-electron chi connectivity index (χ1n) is 11.3. The summed E-state index contributed by atoms with van der Waals surface area (Å²) in [4.78, 5) is 11.1. The second kappa shape index (κ2) is 9.38. The fraction of sp³-hybridized carbons (Fsp3) is 0.308. The van der Waals surface area contributed by atoms with E-state index in [1.165, 1.54) is 12.3 Å². The number of anilines is 1. The molecular weight excluding hydrogens is 438 g/mol. The number of nitrogen functional groups attached to an aromatic ring is 1. The van der Waals surface area contributed by atoms with Crippen LogP contribution in [0, 0.1) is 11.7 Å². The van der Waals surface area contributed by atoms with Gasteiger partial charge >= 0.3 is 0 Å². The molecule has 1 atom stereocenters. The summed E-state index contributed by atoms with van der Waals surface area (Å²) in [5, 5.41) is 0. The second-order valence-corrected chi connectivity index (χ2v) is 8.70. The van der Waals surface area contributed by atoms with Gasteiger partial charge in [-0.2, -0.15) is 0 Å². The van der Waals surface area contributed by atoms with Gasteiger partial charge in [0.15, 0.2) is 6.10 Å². The van der Waals surface area contributed by atoms with Gasteiger partial charge in [0, 0.05) is 42.4 Å². The number of likely N-dealkylation sites (tertiary alicyclic amines) is 1. The van der Waals surface area contributed by atoms with Crippen LogP contribution in [0.3, 0.4) is 0 Å². The number of alkyl halides is 1. The number of rotatable bonds is 7. The Kier molecular flexibility index (Phi) is 6.15. The van der Waals surface area contributed by atoms with E-state index in [1.807, 2.05) is 31.2 Å². The molecule has 0 saturated carbocycles. The van der Waals surface area contributed by atoms with Crippen molar-refractivity contribution in [2.75, 3.05) is 38.6 Å². The third kappa shape index (κ3) is 4.46. The minimum atomic E-state index is -0.526. The highest BCUT2D eigenvalue weighted by Crippen LogP contribution is 2.46. The minimum Gasteiger partial charge on any atom is -0.491 e. The Hall–Kier alpha value is -3.52. The van der Waals surface area contributed by atoms with Crippen molar-refractivity contribution in [1.82, 2.24) is 14.9 Å². The molecule has 0 amide bonds. The molecule has 34 heavy (non-hydrogen) atoms. The number of allylic oxidation sites excluding steroid dienone is 1. The van der Waals surface area contributed by atoms with Crippen LogP contribution >= 0.6 is 0 Å². The Balaban J connectivity index is 1.37. The summed E-state index contributed by atoms with van der Waals surface area (Å²) in [6, 6.07) is 12.2. The van der Waals surface area contributed by atoms with E-state index in [2.05, 4.69) is 14.9 Å². The zero-order valence-electron chi connectivity index (χ0n) is 18.9. The Morgan fingerprint density at radius 2 is 1.97 bits per heavy atom. The lowest BCUT2D eigenvalue weighted by atomic mass is 9.89. The maximum absolute atomic E-state index is 13.6. The average molecular weight is 465 g/mol. The zero-order valence-corrected chi connectivity index (χ0v) is 18.9. The van der Waals surface area contributed by atoms with E-state index in [9.17, 15) is 8.78 Å². The number of halogens is 2. The molecular formula is C26H26F2N4O2. The number of benzene rings is 1. The van der Waals surface area contributed by atoms with Gasteiger partial charge in [-0.1, -0.05) is 0 Å². The van der Waals surface area contributed by atoms with E-state index in [0.29, 0.717) is 35.2 Å². The number of nitrogens with zero attached hydrogens (tertiary/aromatic N) is 3. The lowest BCUT2D eigenvalue weighted by Gasteiger charge is -2.37. The van der Waals surface area contributed by atoms with E-state index in [4.69, 9.17) is 15.2 Å². The van der Waals surface area contributed by atoms with Crippen molar-refractivity contribution in [1.29, 1.82) is 0 Å². The van der Waals surface area contributed by atoms with E-state index in [-0.39, 0.29) is 12.6 Å². The van der Waals surface area contributed by atoms with Crippen LogP contribution in [-0.4, -0.2) is 47.8 Å². The van der Waals surface area contributed by atoms with Gasteiger partial charge in [0.25, 0.3) is 0 Å². The van der Waals surface area contributed by atoms with Crippen molar-refractivity contribution in [3.8, 4) is 11.5 Å². The van der Waals surface area contributed by atoms with Gasteiger partial charge in [-0.3, -0.25) is 19.3 Å². The average Bonchev–Trinajstić information content (AvgIpc) is 2.82. The van der Waals surface area contributed by atoms with E-state index in [0.717, 1.165) is 36.3 Å². The molecule has 0 radical (unpaired) electrons. The molecule has 4 heterocycles. The lowest BCUT2D eigenvalue weighted by Crippen LogP contribution is -2.49. The standard InChI is InChI=1S/C26H26F2N4O2/c1-16-21-10-19(29)3-7-24(21)34-26(25(16)22-5-2-18(28)12-30-22)23-6-4-20(13-31-23)33-9-8-32-14-17(11-27)15-32/h2-7,10,12-13,17,26H,8-9,11,14-15,29H2,1H3. The first-order valence-corrected chi connectivity index (χ1v) is 11.3. The molecule has 2 aliphatic heterocycles. The number of hydrogen-bond donors (Lipinski definition) is 1. The second-order valence-electron chi connectivity index (χ2n) is 8.70. The normalized spacial score (nSPS) is 18.3. The molecule has 1 aromatic carbocycles. The molecule has 0 spiro atoms. The third-order valence-electron chi connectivity index (χ3n) is 6.28. The number of ether oxygens (including phenoxy) is 2. The van der Waals surface area contributed by atoms with Gasteiger partial charge in [-0.25, -0.2) is 4.39 Å². The molecule has 8 heteroatoms. The zero-order chi connectivity index (χ0) is 23.7. The largest absolute Gasteiger partial charge is 0.491 e. The SMILES string of the molecule is CC1=C(c2ccc(F)cn2)C(c2ccc(OCCN3CC(CF)C3)cn2)Oc2ccc(N)cc21. The van der Waals surface area contributed by atoms with Crippen molar-refractivity contribution >= 4 is 16.8 Å². The Morgan fingerprint density at radius 1 is 1.12 bits per heavy atom. The highest BCUT2D eigenvalue weighted by atomic mass is 19.1. The Bertz CT molecular complexity index is 1190. The highest BCUT2D eigenvalue weighted by molar-refractivity contribution is 5.95. The number of pyridine rings is 2. The molecule has 6 nitrogen and oxygen atoms in total. The van der Waals surface area contributed by atoms with Crippen LogP contribution in [-0.2, 0) is 0 Å². The highest BCUT2D eigenvalue weighted by Gasteiger charge is 2.31. The van der Waals surface area contributed by atoms with Crippen molar-refractivity contribution in [2.24, 2.45) is 5.92 Å². The molecule has 1 unspecified atom stereocenters. The predicted molar refractivity (Wildman–Crippen MR) is 127 cm³/mol. The molecule has 2 aliphatic rings. The first kappa shape index (κ1) is 22.3. The minimum absolute atomic E-state index is 0.166. The molecule has 0 bridgehead atoms. The summed E-state index contributed by atoms with van der Waals surface area (Å²) < 4.78 is 38.3. The quantitative estimate of drug-likeness (QED) is 0.518. The monoisotopic (exact) mass is 464 g/mol. The molecule has 1 fully saturated rings. The van der Waals surface area contributed by atoms with Crippen LogP contribution in [0.1, 0.15) is 30.0 Å². The van der Waals surface area contributed by atoms with Gasteiger partial charge in [0.1, 0.15) is 23.9 Å². The topological polar surface area (TPSA) is 73.5 Å². The Morgan fingerprint density at radius 3 is 2.68 bits per heavy atom. The molecule has 176 valence electrons. The fourth-order valence-corrected chi connectivity index (χ4v) is 4.42. The number of aromatic nitrogens is 2. The van der Waals surface area contributed by atoms with Crippen molar-refractivity contribution in [3.05, 3.63) is 77.6 Å². The molecule has 2 N–H and O–H groups in total. The smallest absolute Gasteiger partial charge is 0.168 e. The summed E-state index contributed by atoms with van der Waals surface area (Å²) in [7, 11) is 0. The van der Waals surface area contributed by atoms with Gasteiger partial charge in [-0.05, 0) is 55.0 Å². The van der Waals surface area contributed by atoms with Crippen LogP contribution in [0.25, 0.3) is 11.1 Å². The maximum atomic E-state index is 13.6. The van der Waals surface area contributed by atoms with E-state index < -0.39 is 11.9 Å². The first-order chi connectivity index (χ1) is 16.5. The van der Waals surface area contributed by atoms with E-state index in [1.54, 1.807) is 18.3 Å². The van der Waals surface area contributed by atoms with E-state index >= 15 is 0 Å². The van der Waals surface area contributed by atoms with Gasteiger partial charge in [0.05, 0.1) is 30.5 Å². The Labute approximate surface area is 197 Å². The molecule has 2 aromatic heterocycles. The molecule has 3 aromatic rings. The molecule has 0 aliphatic carbocycles. The van der Waals surface area contributed by atoms with Crippen LogP contribution in [0.5, 0.6) is 11.5 Å². The van der Waals surface area contributed by atoms with Gasteiger partial charge in [-0.15, -0.1) is 0 Å². The van der Waals surface area contributed by atoms with Crippen LogP contribution in [0.2, 0.25) is 0 Å². The fourth-order valence-electron chi connectivity index (χ4n) is 4.42. The van der Waals surface area contributed by atoms with Crippen molar-refractivity contribution in [2.45, 2.75) is 13.0 Å². The van der Waals surface area contributed by atoms with Crippen molar-refractivity contribution in [3.63, 3.8) is 0 Å². The number of nitrogens with two attached hydrogens (primary N) is 1. The molecule has 1 saturated heterocycles. The molecule has 5 rings (SSSR count). The third-order valence-corrected chi connectivity index (χ3v) is 6.28. The lowest BCUT2D eigenvalue weighted by molar-refractivity contribution is 0.0668. The summed E-state index contributed by atoms with van der Waals surface area (Å²) in [6.45, 7) is 4.57. The van der Waals surface area contributed by atoms with Crippen LogP contribution in [0.15, 0.2) is 54.9 Å². The summed E-state index contributed by atoms with van der Waals surface area (Å²) in [6.07, 6.45) is 2.34. The van der Waals surface area contributed by atoms with Crippen LogP contribution < -0.4 is 15.2 Å². The summed E-state index contributed by atoms with van der Waals surface area (Å²) in [5.74, 6) is 1.11. The van der Waals surface area contributed by atoms with Gasteiger partial charge < -0.3 is 15.2 Å².